The minimum Gasteiger partial charge on any atom is -0.569 e. The highest BCUT2D eigenvalue weighted by Gasteiger charge is 2.37. The van der Waals surface area contributed by atoms with Crippen molar-refractivity contribution in [2.75, 3.05) is 13.1 Å². The van der Waals surface area contributed by atoms with E-state index in [0.717, 1.165) is 33.5 Å². The summed E-state index contributed by atoms with van der Waals surface area (Å²) in [6.07, 6.45) is -7.56. The number of carbonyl (C=O) groups excluding carboxylic acids is 3. The number of ether oxygens (including phenoxy) is 2. The van der Waals surface area contributed by atoms with Gasteiger partial charge in [-0.05, 0) is 58.0 Å². The number of hydrogen-bond acceptors (Lipinski definition) is 11. The minimum atomic E-state index is -4.72. The summed E-state index contributed by atoms with van der Waals surface area (Å²) in [5, 5.41) is 20.1. The molecule has 0 spiro atoms. The lowest BCUT2D eigenvalue weighted by atomic mass is 9.97. The van der Waals surface area contributed by atoms with Gasteiger partial charge in [-0.2, -0.15) is 18.3 Å². The lowest BCUT2D eigenvalue weighted by Crippen LogP contribution is -2.55. The maximum Gasteiger partial charge on any atom is 0.435 e. The number of hydrazine groups is 1. The summed E-state index contributed by atoms with van der Waals surface area (Å²) >= 11 is 0. The van der Waals surface area contributed by atoms with Crippen LogP contribution in [0.15, 0.2) is 64.8 Å². The van der Waals surface area contributed by atoms with E-state index in [2.05, 4.69) is 10.4 Å². The number of halogens is 3. The van der Waals surface area contributed by atoms with Gasteiger partial charge < -0.3 is 14.7 Å². The van der Waals surface area contributed by atoms with Gasteiger partial charge in [-0.25, -0.2) is 17.8 Å². The van der Waals surface area contributed by atoms with Crippen LogP contribution in [0.5, 0.6) is 0 Å². The molecule has 15 nitrogen and oxygen atoms in total. The molecule has 4 rings (SSSR count). The number of carbonyl (C=O) groups is 3. The number of esters is 2. The molecule has 1 fully saturated rings. The summed E-state index contributed by atoms with van der Waals surface area (Å²) in [4.78, 5) is 41.0. The van der Waals surface area contributed by atoms with Crippen LogP contribution in [0, 0.1) is 17.5 Å². The van der Waals surface area contributed by atoms with Crippen LogP contribution in [0.4, 0.5) is 13.2 Å². The largest absolute Gasteiger partial charge is 0.569 e. The van der Waals surface area contributed by atoms with E-state index < -0.39 is 70.4 Å². The molecule has 0 saturated carbocycles. The van der Waals surface area contributed by atoms with Crippen LogP contribution in [0.2, 0.25) is 0 Å². The van der Waals surface area contributed by atoms with Crippen LogP contribution in [0.3, 0.4) is 0 Å². The molecule has 1 amide bonds. The zero-order valence-corrected chi connectivity index (χ0v) is 28.4. The predicted molar refractivity (Wildman–Crippen MR) is 167 cm³/mol. The third kappa shape index (κ3) is 9.70. The topological polar surface area (TPSA) is 185 Å². The van der Waals surface area contributed by atoms with Crippen molar-refractivity contribution in [3.05, 3.63) is 71.1 Å². The summed E-state index contributed by atoms with van der Waals surface area (Å²) in [6.45, 7) is 8.05. The molecule has 1 saturated heterocycles. The first-order valence-electron chi connectivity index (χ1n) is 15.1. The van der Waals surface area contributed by atoms with Gasteiger partial charge in [0.1, 0.15) is 19.2 Å². The Labute approximate surface area is 285 Å². The maximum atomic E-state index is 13.5. The van der Waals surface area contributed by atoms with Gasteiger partial charge in [0.2, 0.25) is 11.2 Å². The fourth-order valence-corrected chi connectivity index (χ4v) is 5.29. The Morgan fingerprint density at radius 2 is 1.68 bits per heavy atom. The third-order valence-electron chi connectivity index (χ3n) is 7.06. The SMILES string of the molecule is Cc1ccc(-c2cc(C(F)(F)F)nn2-c2ccc(S(=O)(=O)NC(=O)CCC(=O)OC3CN([N+]([O-])=NOC(C)OC(=O)C(C)(C)C)C3)cc2)cc1. The first-order valence-corrected chi connectivity index (χ1v) is 16.6. The van der Waals surface area contributed by atoms with Gasteiger partial charge in [0.25, 0.3) is 16.3 Å². The molecule has 2 aromatic carbocycles. The van der Waals surface area contributed by atoms with E-state index in [9.17, 15) is 41.2 Å². The number of hydrogen-bond donors (Lipinski definition) is 1. The second-order valence-corrected chi connectivity index (χ2v) is 14.0. The number of aryl methyl sites for hydroxylation is 1. The molecule has 1 N–H and O–H groups in total. The lowest BCUT2D eigenvalue weighted by Gasteiger charge is -2.33. The standard InChI is InChI=1S/C31H35F3N6O9S/c1-19-6-8-21(9-7-19)25-16-26(31(32,33)34)35-39(25)22-10-12-24(13-11-22)50(45,46)36-27(41)14-15-28(42)48-23-17-38(18-23)40(44)37-49-20(2)47-29(43)30(3,4)5/h6-13,16,20,23H,14-15,17-18H2,1-5H3,(H,36,41). The van der Waals surface area contributed by atoms with Gasteiger partial charge in [-0.3, -0.25) is 19.2 Å². The first kappa shape index (κ1) is 37.6. The number of rotatable bonds is 12. The van der Waals surface area contributed by atoms with Crippen molar-refractivity contribution in [3.8, 4) is 16.9 Å². The summed E-state index contributed by atoms with van der Waals surface area (Å²) in [7, 11) is -4.41. The van der Waals surface area contributed by atoms with E-state index >= 15 is 0 Å². The Morgan fingerprint density at radius 3 is 2.26 bits per heavy atom. The van der Waals surface area contributed by atoms with E-state index in [1.165, 1.54) is 19.1 Å². The average molecular weight is 725 g/mol. The van der Waals surface area contributed by atoms with E-state index in [0.29, 0.717) is 5.56 Å². The van der Waals surface area contributed by atoms with Crippen LogP contribution in [-0.4, -0.2) is 71.5 Å². The number of benzene rings is 2. The molecular formula is C31H35F3N6O9S. The van der Waals surface area contributed by atoms with E-state index in [4.69, 9.17) is 14.3 Å². The molecule has 1 unspecified atom stereocenters. The van der Waals surface area contributed by atoms with Crippen LogP contribution in [-0.2, 0) is 44.9 Å². The molecule has 0 bridgehead atoms. The maximum absolute atomic E-state index is 13.5. The number of amides is 1. The van der Waals surface area contributed by atoms with Crippen molar-refractivity contribution in [1.82, 2.24) is 19.5 Å². The van der Waals surface area contributed by atoms with Gasteiger partial charge in [0.15, 0.2) is 5.69 Å². The fraction of sp³-hybridized carbons (Fsp3) is 0.419. The Bertz CT molecular complexity index is 1850. The number of sulfonamides is 1. The van der Waals surface area contributed by atoms with Crippen LogP contribution in [0.1, 0.15) is 51.8 Å². The zero-order valence-electron chi connectivity index (χ0n) is 27.6. The Balaban J connectivity index is 1.27. The second-order valence-electron chi connectivity index (χ2n) is 12.4. The highest BCUT2D eigenvalue weighted by Crippen LogP contribution is 2.33. The highest BCUT2D eigenvalue weighted by atomic mass is 32.2. The van der Waals surface area contributed by atoms with Crippen molar-refractivity contribution in [2.24, 2.45) is 10.7 Å². The molecule has 1 atom stereocenters. The van der Waals surface area contributed by atoms with Crippen molar-refractivity contribution < 1.29 is 55.3 Å². The molecule has 0 radical (unpaired) electrons. The molecule has 2 heterocycles. The molecule has 1 aromatic heterocycles. The number of nitrogens with one attached hydrogen (secondary N) is 1. The molecular weight excluding hydrogens is 689 g/mol. The van der Waals surface area contributed by atoms with Gasteiger partial charge in [-0.15, -0.1) is 5.01 Å². The van der Waals surface area contributed by atoms with Crippen molar-refractivity contribution >= 4 is 27.9 Å². The monoisotopic (exact) mass is 724 g/mol. The Kier molecular flexibility index (Phi) is 11.1. The molecule has 1 aliphatic heterocycles. The van der Waals surface area contributed by atoms with Gasteiger partial charge in [0, 0.05) is 18.9 Å². The minimum absolute atomic E-state index is 0.0443. The Hall–Kier alpha value is -5.20. The number of alkyl halides is 3. The quantitative estimate of drug-likeness (QED) is 0.0917. The summed E-state index contributed by atoms with van der Waals surface area (Å²) < 4.78 is 79.2. The average Bonchev–Trinajstić information content (AvgIpc) is 3.47. The Morgan fingerprint density at radius 1 is 1.06 bits per heavy atom. The van der Waals surface area contributed by atoms with E-state index in [1.54, 1.807) is 45.0 Å². The van der Waals surface area contributed by atoms with Gasteiger partial charge in [0.05, 0.1) is 33.1 Å². The highest BCUT2D eigenvalue weighted by molar-refractivity contribution is 7.90. The third-order valence-corrected chi connectivity index (χ3v) is 8.45. The predicted octanol–water partition coefficient (Wildman–Crippen LogP) is 4.42. The van der Waals surface area contributed by atoms with Crippen LogP contribution >= 0.6 is 0 Å². The molecule has 0 aliphatic carbocycles. The van der Waals surface area contributed by atoms with Crippen LogP contribution in [0.25, 0.3) is 16.9 Å². The fourth-order valence-electron chi connectivity index (χ4n) is 4.27. The summed E-state index contributed by atoms with van der Waals surface area (Å²) in [6, 6.07) is 12.3. The molecule has 50 heavy (non-hydrogen) atoms. The van der Waals surface area contributed by atoms with E-state index in [-0.39, 0.29) is 34.3 Å². The smallest absolute Gasteiger partial charge is 0.435 e. The van der Waals surface area contributed by atoms with Crippen molar-refractivity contribution in [2.45, 2.75) is 70.9 Å². The van der Waals surface area contributed by atoms with Crippen molar-refractivity contribution in [1.29, 1.82) is 0 Å². The van der Waals surface area contributed by atoms with E-state index in [1.807, 2.05) is 11.6 Å². The number of aromatic nitrogens is 2. The van der Waals surface area contributed by atoms with Crippen molar-refractivity contribution in [3.63, 3.8) is 0 Å². The normalized spacial score (nSPS) is 14.8. The van der Waals surface area contributed by atoms with Crippen LogP contribution < -0.4 is 4.72 Å². The zero-order chi connectivity index (χ0) is 37.0. The van der Waals surface area contributed by atoms with Gasteiger partial charge >= 0.3 is 18.1 Å². The molecule has 1 aliphatic rings. The summed E-state index contributed by atoms with van der Waals surface area (Å²) in [5.41, 5.74) is -0.299. The lowest BCUT2D eigenvalue weighted by molar-refractivity contribution is -0.728. The van der Waals surface area contributed by atoms with Gasteiger partial charge in [-0.1, -0.05) is 29.8 Å². The molecule has 19 heteroatoms. The molecule has 3 aromatic rings. The second kappa shape index (κ2) is 14.7. The molecule has 270 valence electrons. The number of nitrogens with zero attached hydrogens (tertiary/aromatic N) is 5. The first-order chi connectivity index (χ1) is 23.2. The summed E-state index contributed by atoms with van der Waals surface area (Å²) in [5.74, 6) is -2.38.